The van der Waals surface area contributed by atoms with Crippen molar-refractivity contribution in [1.82, 2.24) is 0 Å². The summed E-state index contributed by atoms with van der Waals surface area (Å²) in [5.74, 6) is -0.265. The zero-order valence-electron chi connectivity index (χ0n) is 13.4. The van der Waals surface area contributed by atoms with Gasteiger partial charge in [0, 0.05) is 16.8 Å². The van der Waals surface area contributed by atoms with Crippen LogP contribution in [0.3, 0.4) is 0 Å². The van der Waals surface area contributed by atoms with Gasteiger partial charge in [-0.3, -0.25) is 4.79 Å². The second-order valence-electron chi connectivity index (χ2n) is 6.48. The average Bonchev–Trinajstić information content (AvgIpc) is 2.56. The maximum absolute atomic E-state index is 12.5. The summed E-state index contributed by atoms with van der Waals surface area (Å²) in [6.07, 6.45) is 3.95. The van der Waals surface area contributed by atoms with E-state index in [2.05, 4.69) is 47.0 Å². The Morgan fingerprint density at radius 2 is 1.87 bits per heavy atom. The highest BCUT2D eigenvalue weighted by atomic mass is 16.5. The molecule has 2 aromatic carbocycles. The number of rotatable bonds is 2. The van der Waals surface area contributed by atoms with Crippen molar-refractivity contribution in [3.63, 3.8) is 0 Å². The van der Waals surface area contributed by atoms with E-state index in [1.807, 2.05) is 6.92 Å². The number of carbonyl (C=O) groups is 1. The first-order valence-electron chi connectivity index (χ1n) is 8.48. The topological polar surface area (TPSA) is 50.4 Å². The van der Waals surface area contributed by atoms with Crippen LogP contribution < -0.4 is 10.6 Å². The number of esters is 1. The van der Waals surface area contributed by atoms with Crippen molar-refractivity contribution in [3.05, 3.63) is 36.4 Å². The molecule has 0 aromatic heterocycles. The van der Waals surface area contributed by atoms with E-state index in [0.29, 0.717) is 6.61 Å². The van der Waals surface area contributed by atoms with Crippen LogP contribution in [-0.2, 0) is 9.53 Å². The molecule has 2 aliphatic rings. The van der Waals surface area contributed by atoms with Crippen LogP contribution in [0.1, 0.15) is 32.6 Å². The Balaban J connectivity index is 1.79. The fraction of sp³-hybridized carbons (Fsp3) is 0.421. The number of hydrogen-bond acceptors (Lipinski definition) is 4. The van der Waals surface area contributed by atoms with Gasteiger partial charge in [-0.15, -0.1) is 0 Å². The molecule has 1 atom stereocenters. The summed E-state index contributed by atoms with van der Waals surface area (Å²) in [5, 5.41) is 9.72. The Morgan fingerprint density at radius 3 is 2.52 bits per heavy atom. The van der Waals surface area contributed by atoms with Crippen molar-refractivity contribution in [3.8, 4) is 0 Å². The largest absolute Gasteiger partial charge is 0.466 e. The molecule has 4 rings (SSSR count). The van der Waals surface area contributed by atoms with Crippen LogP contribution in [0.5, 0.6) is 0 Å². The molecule has 120 valence electrons. The zero-order chi connectivity index (χ0) is 15.9. The van der Waals surface area contributed by atoms with E-state index in [4.69, 9.17) is 4.74 Å². The standard InChI is InChI=1S/C19H22N2O2/c1-2-23-18(22)14-9-3-4-12-19(14)20-15-10-5-7-13-8-6-11-16(21-19)17(13)15/h5-8,10-11,14,20-21H,2-4,9,12H2,1H3/t14-/m1/s1. The molecule has 1 aliphatic carbocycles. The number of nitrogens with one attached hydrogen (secondary N) is 2. The molecule has 0 unspecified atom stereocenters. The summed E-state index contributed by atoms with van der Waals surface area (Å²) in [5.41, 5.74) is 1.77. The molecule has 2 aromatic rings. The molecule has 0 radical (unpaired) electrons. The van der Waals surface area contributed by atoms with Crippen molar-refractivity contribution < 1.29 is 9.53 Å². The molecule has 4 heteroatoms. The van der Waals surface area contributed by atoms with Gasteiger partial charge in [-0.05, 0) is 43.7 Å². The molecule has 1 spiro atoms. The van der Waals surface area contributed by atoms with Gasteiger partial charge in [0.2, 0.25) is 0 Å². The highest BCUT2D eigenvalue weighted by Crippen LogP contribution is 2.45. The van der Waals surface area contributed by atoms with E-state index in [1.54, 1.807) is 0 Å². The van der Waals surface area contributed by atoms with Crippen LogP contribution in [0.2, 0.25) is 0 Å². The molecule has 1 heterocycles. The van der Waals surface area contributed by atoms with Crippen molar-refractivity contribution in [1.29, 1.82) is 0 Å². The predicted octanol–water partition coefficient (Wildman–Crippen LogP) is 4.13. The number of hydrogen-bond donors (Lipinski definition) is 2. The molecule has 0 bridgehead atoms. The van der Waals surface area contributed by atoms with Gasteiger partial charge in [-0.25, -0.2) is 0 Å². The first-order valence-corrected chi connectivity index (χ1v) is 8.48. The van der Waals surface area contributed by atoms with Crippen LogP contribution in [0.4, 0.5) is 11.4 Å². The second-order valence-corrected chi connectivity index (χ2v) is 6.48. The summed E-state index contributed by atoms with van der Waals surface area (Å²) >= 11 is 0. The minimum atomic E-state index is -0.437. The van der Waals surface area contributed by atoms with Crippen molar-refractivity contribution in [2.75, 3.05) is 17.2 Å². The third kappa shape index (κ3) is 2.24. The van der Waals surface area contributed by atoms with Crippen molar-refractivity contribution in [2.24, 2.45) is 5.92 Å². The van der Waals surface area contributed by atoms with E-state index >= 15 is 0 Å². The molecule has 2 N–H and O–H groups in total. The minimum Gasteiger partial charge on any atom is -0.466 e. The summed E-state index contributed by atoms with van der Waals surface area (Å²) in [6, 6.07) is 12.6. The van der Waals surface area contributed by atoms with E-state index in [1.165, 1.54) is 10.8 Å². The van der Waals surface area contributed by atoms with Gasteiger partial charge in [-0.2, -0.15) is 0 Å². The fourth-order valence-electron chi connectivity index (χ4n) is 4.10. The lowest BCUT2D eigenvalue weighted by Gasteiger charge is -2.47. The molecule has 0 saturated heterocycles. The normalized spacial score (nSPS) is 21.5. The number of anilines is 2. The van der Waals surface area contributed by atoms with E-state index in [0.717, 1.165) is 37.1 Å². The molecular weight excluding hydrogens is 288 g/mol. The zero-order valence-corrected chi connectivity index (χ0v) is 13.4. The van der Waals surface area contributed by atoms with Crippen LogP contribution in [0.15, 0.2) is 36.4 Å². The fourth-order valence-corrected chi connectivity index (χ4v) is 4.10. The van der Waals surface area contributed by atoms with E-state index in [-0.39, 0.29) is 11.9 Å². The Labute approximate surface area is 136 Å². The Morgan fingerprint density at radius 1 is 1.17 bits per heavy atom. The maximum atomic E-state index is 12.5. The highest BCUT2D eigenvalue weighted by Gasteiger charge is 2.47. The summed E-state index contributed by atoms with van der Waals surface area (Å²) in [4.78, 5) is 12.5. The molecule has 1 fully saturated rings. The average molecular weight is 310 g/mol. The first kappa shape index (κ1) is 14.4. The maximum Gasteiger partial charge on any atom is 0.313 e. The van der Waals surface area contributed by atoms with Crippen LogP contribution >= 0.6 is 0 Å². The van der Waals surface area contributed by atoms with E-state index in [9.17, 15) is 4.79 Å². The molecule has 1 saturated carbocycles. The highest BCUT2D eigenvalue weighted by molar-refractivity contribution is 6.05. The predicted molar refractivity (Wildman–Crippen MR) is 92.5 cm³/mol. The minimum absolute atomic E-state index is 0.0984. The molecule has 1 aliphatic heterocycles. The van der Waals surface area contributed by atoms with Gasteiger partial charge in [0.25, 0.3) is 0 Å². The lowest BCUT2D eigenvalue weighted by molar-refractivity contribution is -0.151. The van der Waals surface area contributed by atoms with Crippen molar-refractivity contribution in [2.45, 2.75) is 38.3 Å². The lowest BCUT2D eigenvalue weighted by atomic mass is 9.77. The van der Waals surface area contributed by atoms with Gasteiger partial charge in [-0.1, -0.05) is 30.7 Å². The first-order chi connectivity index (χ1) is 11.2. The third-order valence-corrected chi connectivity index (χ3v) is 5.10. The smallest absolute Gasteiger partial charge is 0.313 e. The summed E-state index contributed by atoms with van der Waals surface area (Å²) in [7, 11) is 0. The SMILES string of the molecule is CCOC(=O)[C@H]1CCCCC12Nc1cccc3cccc(c13)N2. The summed E-state index contributed by atoms with van der Waals surface area (Å²) < 4.78 is 5.35. The molecule has 4 nitrogen and oxygen atoms in total. The van der Waals surface area contributed by atoms with Crippen LogP contribution in [0.25, 0.3) is 10.8 Å². The van der Waals surface area contributed by atoms with Gasteiger partial charge >= 0.3 is 5.97 Å². The third-order valence-electron chi connectivity index (χ3n) is 5.10. The Kier molecular flexibility index (Phi) is 3.40. The van der Waals surface area contributed by atoms with Gasteiger partial charge in [0.15, 0.2) is 0 Å². The molecule has 23 heavy (non-hydrogen) atoms. The molecular formula is C19H22N2O2. The monoisotopic (exact) mass is 310 g/mol. The van der Waals surface area contributed by atoms with Gasteiger partial charge < -0.3 is 15.4 Å². The Bertz CT molecular complexity index is 715. The Hall–Kier alpha value is -2.23. The van der Waals surface area contributed by atoms with Gasteiger partial charge in [0.1, 0.15) is 5.66 Å². The van der Waals surface area contributed by atoms with Crippen LogP contribution in [-0.4, -0.2) is 18.2 Å². The lowest BCUT2D eigenvalue weighted by Crippen LogP contribution is -2.58. The number of carbonyl (C=O) groups excluding carboxylic acids is 1. The second kappa shape index (κ2) is 5.44. The van der Waals surface area contributed by atoms with Crippen molar-refractivity contribution >= 4 is 28.1 Å². The number of ether oxygens (including phenoxy) is 1. The van der Waals surface area contributed by atoms with E-state index < -0.39 is 5.66 Å². The number of benzene rings is 2. The van der Waals surface area contributed by atoms with Crippen LogP contribution in [0, 0.1) is 5.92 Å². The van der Waals surface area contributed by atoms with Gasteiger partial charge in [0.05, 0.1) is 12.5 Å². The quantitative estimate of drug-likeness (QED) is 0.819. The molecule has 0 amide bonds. The summed E-state index contributed by atoms with van der Waals surface area (Å²) in [6.45, 7) is 2.29.